The Kier molecular flexibility index (Phi) is 4.86. The monoisotopic (exact) mass is 356 g/mol. The molecule has 2 N–H and O–H groups in total. The van der Waals surface area contributed by atoms with Gasteiger partial charge in [-0.2, -0.15) is 0 Å². The summed E-state index contributed by atoms with van der Waals surface area (Å²) in [6.07, 6.45) is -0.761. The molecule has 9 heteroatoms. The van der Waals surface area contributed by atoms with E-state index in [1.165, 1.54) is 17.3 Å². The van der Waals surface area contributed by atoms with Gasteiger partial charge in [-0.1, -0.05) is 17.7 Å². The highest BCUT2D eigenvalue weighted by molar-refractivity contribution is 7.92. The molecule has 1 aromatic rings. The molecule has 2 atom stereocenters. The predicted octanol–water partition coefficient (Wildman–Crippen LogP) is 1.02. The van der Waals surface area contributed by atoms with Crippen molar-refractivity contribution in [1.29, 1.82) is 0 Å². The van der Waals surface area contributed by atoms with Crippen LogP contribution in [-0.4, -0.2) is 49.3 Å². The minimum absolute atomic E-state index is 0.117. The van der Waals surface area contributed by atoms with Gasteiger partial charge in [0.25, 0.3) is 5.91 Å². The first-order chi connectivity index (χ1) is 11.1. The number of ether oxygens (including phenoxy) is 1. The van der Waals surface area contributed by atoms with Crippen LogP contribution in [0.4, 0.5) is 10.5 Å². The number of nitrogens with zero attached hydrogens (tertiary/aromatic N) is 1. The van der Waals surface area contributed by atoms with Crippen LogP contribution in [0.5, 0.6) is 0 Å². The number of carbonyl (C=O) groups excluding carboxylic acids is 2. The Morgan fingerprint density at radius 3 is 2.50 bits per heavy atom. The van der Waals surface area contributed by atoms with Gasteiger partial charge in [0.1, 0.15) is 6.10 Å². The van der Waals surface area contributed by atoms with E-state index in [2.05, 4.69) is 0 Å². The van der Waals surface area contributed by atoms with Gasteiger partial charge in [-0.25, -0.2) is 18.7 Å². The average molecular weight is 356 g/mol. The van der Waals surface area contributed by atoms with Gasteiger partial charge in [0.05, 0.1) is 6.54 Å². The fraction of sp³-hybridized carbons (Fsp3) is 0.467. The van der Waals surface area contributed by atoms with E-state index in [1.807, 2.05) is 19.1 Å². The zero-order valence-corrected chi connectivity index (χ0v) is 14.5. The van der Waals surface area contributed by atoms with E-state index in [1.54, 1.807) is 12.1 Å². The van der Waals surface area contributed by atoms with Crippen LogP contribution < -0.4 is 10.4 Å². The summed E-state index contributed by atoms with van der Waals surface area (Å²) in [4.78, 5) is 25.3. The van der Waals surface area contributed by atoms with Crippen molar-refractivity contribution in [3.63, 3.8) is 0 Å². The molecule has 132 valence electrons. The molecular formula is C15H20N2O6S. The third-order valence-corrected chi connectivity index (χ3v) is 6.23. The molecule has 1 aromatic carbocycles. The van der Waals surface area contributed by atoms with Crippen molar-refractivity contribution in [1.82, 2.24) is 5.48 Å². The number of nitrogens with one attached hydrogen (secondary N) is 1. The second kappa shape index (κ2) is 6.40. The van der Waals surface area contributed by atoms with Crippen molar-refractivity contribution in [3.05, 3.63) is 29.8 Å². The number of aryl methyl sites for hydroxylation is 1. The number of sulfone groups is 1. The molecule has 0 aromatic heterocycles. The van der Waals surface area contributed by atoms with Crippen molar-refractivity contribution < 1.29 is 28.0 Å². The number of amides is 2. The fourth-order valence-electron chi connectivity index (χ4n) is 2.53. The molecule has 2 rings (SSSR count). The topological polar surface area (TPSA) is 113 Å². The zero-order chi connectivity index (χ0) is 18.1. The van der Waals surface area contributed by atoms with Crippen LogP contribution >= 0.6 is 0 Å². The number of carbonyl (C=O) groups is 2. The summed E-state index contributed by atoms with van der Waals surface area (Å²) in [5.41, 5.74) is 3.03. The standard InChI is InChI=1S/C15H20N2O6S/c1-10-4-6-11(7-5-10)17-9-12(23-14(17)19)8-15(2,13(18)16-20)24(3,21)22/h4-7,12,20H,8-9H2,1-3H3,(H,16,18)/t12-,15+/m0/s1. The molecule has 1 saturated heterocycles. The lowest BCUT2D eigenvalue weighted by Gasteiger charge is -2.26. The van der Waals surface area contributed by atoms with E-state index in [-0.39, 0.29) is 13.0 Å². The van der Waals surface area contributed by atoms with E-state index in [4.69, 9.17) is 9.94 Å². The summed E-state index contributed by atoms with van der Waals surface area (Å²) in [6.45, 7) is 3.22. The highest BCUT2D eigenvalue weighted by Gasteiger charge is 2.48. The van der Waals surface area contributed by atoms with Crippen LogP contribution in [0.1, 0.15) is 18.9 Å². The van der Waals surface area contributed by atoms with Crippen LogP contribution in [0.3, 0.4) is 0 Å². The summed E-state index contributed by atoms with van der Waals surface area (Å²) in [6, 6.07) is 7.20. The number of hydrogen-bond donors (Lipinski definition) is 2. The van der Waals surface area contributed by atoms with Crippen LogP contribution in [-0.2, 0) is 19.4 Å². The highest BCUT2D eigenvalue weighted by Crippen LogP contribution is 2.30. The van der Waals surface area contributed by atoms with Crippen LogP contribution in [0, 0.1) is 6.92 Å². The van der Waals surface area contributed by atoms with E-state index in [0.29, 0.717) is 5.69 Å². The number of hydrogen-bond acceptors (Lipinski definition) is 6. The molecule has 0 unspecified atom stereocenters. The lowest BCUT2D eigenvalue weighted by atomic mass is 10.0. The molecule has 1 heterocycles. The molecule has 0 spiro atoms. The van der Waals surface area contributed by atoms with Gasteiger partial charge in [0.2, 0.25) is 0 Å². The number of anilines is 1. The molecule has 0 bridgehead atoms. The van der Waals surface area contributed by atoms with E-state index < -0.39 is 32.7 Å². The lowest BCUT2D eigenvalue weighted by Crippen LogP contribution is -2.51. The van der Waals surface area contributed by atoms with E-state index >= 15 is 0 Å². The maximum atomic E-state index is 12.0. The van der Waals surface area contributed by atoms with Gasteiger partial charge < -0.3 is 4.74 Å². The van der Waals surface area contributed by atoms with Gasteiger partial charge in [0, 0.05) is 18.4 Å². The highest BCUT2D eigenvalue weighted by atomic mass is 32.2. The maximum absolute atomic E-state index is 12.0. The predicted molar refractivity (Wildman–Crippen MR) is 86.6 cm³/mol. The largest absolute Gasteiger partial charge is 0.444 e. The number of rotatable bonds is 5. The third kappa shape index (κ3) is 3.36. The summed E-state index contributed by atoms with van der Waals surface area (Å²) in [7, 11) is -3.85. The average Bonchev–Trinajstić information content (AvgIpc) is 2.86. The second-order valence-electron chi connectivity index (χ2n) is 6.10. The second-order valence-corrected chi connectivity index (χ2v) is 8.55. The summed E-state index contributed by atoms with van der Waals surface area (Å²) in [5.74, 6) is -1.06. The Hall–Kier alpha value is -2.13. The number of benzene rings is 1. The Bertz CT molecular complexity index is 746. The Morgan fingerprint density at radius 2 is 2.00 bits per heavy atom. The third-order valence-electron chi connectivity index (χ3n) is 4.24. The molecule has 2 amide bonds. The molecule has 24 heavy (non-hydrogen) atoms. The summed E-state index contributed by atoms with van der Waals surface area (Å²) < 4.78 is 27.3. The van der Waals surface area contributed by atoms with Gasteiger partial charge in [-0.15, -0.1) is 0 Å². The number of cyclic esters (lactones) is 1. The minimum atomic E-state index is -3.85. The normalized spacial score (nSPS) is 20.4. The number of hydroxylamine groups is 1. The molecule has 1 fully saturated rings. The van der Waals surface area contributed by atoms with Gasteiger partial charge in [-0.05, 0) is 26.0 Å². The molecule has 1 aliphatic rings. The lowest BCUT2D eigenvalue weighted by molar-refractivity contribution is -0.132. The Morgan fingerprint density at radius 1 is 1.42 bits per heavy atom. The molecule has 0 aliphatic carbocycles. The maximum Gasteiger partial charge on any atom is 0.414 e. The molecule has 0 saturated carbocycles. The summed E-state index contributed by atoms with van der Waals surface area (Å²) in [5, 5.41) is 8.83. The van der Waals surface area contributed by atoms with Crippen LogP contribution in [0.2, 0.25) is 0 Å². The quantitative estimate of drug-likeness (QED) is 0.601. The fourth-order valence-corrected chi connectivity index (χ4v) is 3.40. The molecule has 0 radical (unpaired) electrons. The van der Waals surface area contributed by atoms with Crippen LogP contribution in [0.15, 0.2) is 24.3 Å². The smallest absolute Gasteiger partial charge is 0.414 e. The van der Waals surface area contributed by atoms with Gasteiger partial charge in [0.15, 0.2) is 14.6 Å². The molecular weight excluding hydrogens is 336 g/mol. The van der Waals surface area contributed by atoms with E-state index in [0.717, 1.165) is 11.8 Å². The van der Waals surface area contributed by atoms with Crippen molar-refractivity contribution in [2.45, 2.75) is 31.1 Å². The Labute approximate surface area is 140 Å². The van der Waals surface area contributed by atoms with E-state index in [9.17, 15) is 18.0 Å². The first-order valence-corrected chi connectivity index (χ1v) is 9.16. The first kappa shape index (κ1) is 18.2. The minimum Gasteiger partial charge on any atom is -0.444 e. The first-order valence-electron chi connectivity index (χ1n) is 7.27. The van der Waals surface area contributed by atoms with Gasteiger partial charge >= 0.3 is 6.09 Å². The van der Waals surface area contributed by atoms with Crippen molar-refractivity contribution in [3.8, 4) is 0 Å². The van der Waals surface area contributed by atoms with Crippen LogP contribution in [0.25, 0.3) is 0 Å². The van der Waals surface area contributed by atoms with Gasteiger partial charge in [-0.3, -0.25) is 14.9 Å². The zero-order valence-electron chi connectivity index (χ0n) is 13.6. The Balaban J connectivity index is 2.21. The molecule has 8 nitrogen and oxygen atoms in total. The van der Waals surface area contributed by atoms with Crippen molar-refractivity contribution in [2.75, 3.05) is 17.7 Å². The van der Waals surface area contributed by atoms with Crippen molar-refractivity contribution in [2.24, 2.45) is 0 Å². The summed E-state index contributed by atoms with van der Waals surface area (Å²) >= 11 is 0. The van der Waals surface area contributed by atoms with Crippen molar-refractivity contribution >= 4 is 27.5 Å². The molecule has 1 aliphatic heterocycles. The SMILES string of the molecule is Cc1ccc(N2C[C@H](C[C@](C)(C(=O)NO)S(C)(=O)=O)OC2=O)cc1.